The zero-order valence-electron chi connectivity index (χ0n) is 16.4. The fourth-order valence-corrected chi connectivity index (χ4v) is 4.19. The molecule has 154 valence electrons. The van der Waals surface area contributed by atoms with Crippen LogP contribution in [0.2, 0.25) is 0 Å². The Labute approximate surface area is 182 Å². The van der Waals surface area contributed by atoms with Gasteiger partial charge in [-0.05, 0) is 53.5 Å². The summed E-state index contributed by atoms with van der Waals surface area (Å²) >= 11 is 5.80. The zero-order valence-corrected chi connectivity index (χ0v) is 18.1. The first kappa shape index (κ1) is 20.2. The highest BCUT2D eigenvalue weighted by Crippen LogP contribution is 2.30. The Morgan fingerprint density at radius 2 is 2.00 bits per heavy atom. The smallest absolute Gasteiger partial charge is 0.326 e. The Balaban J connectivity index is 1.55. The van der Waals surface area contributed by atoms with Gasteiger partial charge >= 0.3 is 6.03 Å². The van der Waals surface area contributed by atoms with Crippen molar-refractivity contribution in [1.29, 1.82) is 0 Å². The molecule has 9 heteroatoms. The molecule has 0 bridgehead atoms. The highest BCUT2D eigenvalue weighted by molar-refractivity contribution is 7.82. The topological polar surface area (TPSA) is 91.5 Å². The van der Waals surface area contributed by atoms with Crippen LogP contribution in [0, 0.1) is 5.92 Å². The van der Waals surface area contributed by atoms with Crippen LogP contribution >= 0.6 is 24.0 Å². The van der Waals surface area contributed by atoms with Gasteiger partial charge in [0, 0.05) is 29.5 Å². The molecule has 0 spiro atoms. The Morgan fingerprint density at radius 3 is 2.67 bits per heavy atom. The molecule has 2 amide bonds. The molecule has 0 unspecified atom stereocenters. The fraction of sp³-hybridized carbons (Fsp3) is 0.190. The molecule has 2 aromatic heterocycles. The van der Waals surface area contributed by atoms with Crippen LogP contribution in [-0.2, 0) is 0 Å². The number of urea groups is 1. The molecule has 0 atom stereocenters. The van der Waals surface area contributed by atoms with Crippen molar-refractivity contribution in [2.24, 2.45) is 5.92 Å². The molecule has 0 saturated heterocycles. The third-order valence-electron chi connectivity index (χ3n) is 4.38. The van der Waals surface area contributed by atoms with Crippen molar-refractivity contribution in [3.05, 3.63) is 48.5 Å². The van der Waals surface area contributed by atoms with E-state index in [1.165, 1.54) is 17.4 Å². The number of carbonyl (C=O) groups is 1. The summed E-state index contributed by atoms with van der Waals surface area (Å²) in [7, 11) is 0. The molecule has 0 aliphatic carbocycles. The van der Waals surface area contributed by atoms with Crippen LogP contribution in [-0.4, -0.2) is 27.8 Å². The molecule has 0 aliphatic rings. The minimum atomic E-state index is -0.219. The number of fused-ring (bicyclic) bond motifs is 1. The molecule has 0 radical (unpaired) electrons. The van der Waals surface area contributed by atoms with Gasteiger partial charge in [0.2, 0.25) is 0 Å². The molecule has 30 heavy (non-hydrogen) atoms. The van der Waals surface area contributed by atoms with Crippen molar-refractivity contribution < 1.29 is 14.4 Å². The third-order valence-corrected chi connectivity index (χ3v) is 5.58. The van der Waals surface area contributed by atoms with Gasteiger partial charge in [0.1, 0.15) is 4.34 Å². The van der Waals surface area contributed by atoms with Gasteiger partial charge in [-0.1, -0.05) is 13.8 Å². The summed E-state index contributed by atoms with van der Waals surface area (Å²) in [6.45, 7) is 4.71. The lowest BCUT2D eigenvalue weighted by Crippen LogP contribution is -2.37. The van der Waals surface area contributed by atoms with E-state index in [0.717, 1.165) is 21.5 Å². The maximum Gasteiger partial charge on any atom is 0.326 e. The summed E-state index contributed by atoms with van der Waals surface area (Å²) < 4.78 is 6.72. The second-order valence-corrected chi connectivity index (χ2v) is 8.97. The van der Waals surface area contributed by atoms with E-state index in [0.29, 0.717) is 22.3 Å². The summed E-state index contributed by atoms with van der Waals surface area (Å²) in [5.41, 5.74) is 3.07. The van der Waals surface area contributed by atoms with Gasteiger partial charge in [0.15, 0.2) is 5.76 Å². The van der Waals surface area contributed by atoms with Crippen LogP contribution in [0.1, 0.15) is 13.8 Å². The number of nitrogens with one attached hydrogen (secondary N) is 1. The van der Waals surface area contributed by atoms with Crippen LogP contribution in [0.4, 0.5) is 16.2 Å². The summed E-state index contributed by atoms with van der Waals surface area (Å²) in [6.07, 6.45) is 0. The maximum atomic E-state index is 13.1. The minimum Gasteiger partial charge on any atom is -0.491 e. The number of benzene rings is 2. The van der Waals surface area contributed by atoms with E-state index in [9.17, 15) is 9.90 Å². The highest BCUT2D eigenvalue weighted by atomic mass is 32.2. The Bertz CT molecular complexity index is 1180. The first-order valence-electron chi connectivity index (χ1n) is 9.33. The number of amides is 2. The van der Waals surface area contributed by atoms with Crippen molar-refractivity contribution in [3.63, 3.8) is 0 Å². The summed E-state index contributed by atoms with van der Waals surface area (Å²) in [5.74, 6) is 0.567. The Morgan fingerprint density at radius 1 is 1.23 bits per heavy atom. The quantitative estimate of drug-likeness (QED) is 0.349. The molecule has 0 saturated carbocycles. The lowest BCUT2D eigenvalue weighted by Gasteiger charge is -2.25. The number of nitrogens with zero attached hydrogens (tertiary/aromatic N) is 3. The number of hydrogen-bond donors (Lipinski definition) is 3. The van der Waals surface area contributed by atoms with Gasteiger partial charge in [0.05, 0.1) is 10.2 Å². The monoisotopic (exact) mass is 440 g/mol. The molecule has 2 heterocycles. The number of rotatable bonds is 5. The number of thiazole rings is 1. The Hall–Kier alpha value is -3.04. The number of hydrogen-bond acceptors (Lipinski definition) is 7. The van der Waals surface area contributed by atoms with Gasteiger partial charge in [-0.3, -0.25) is 4.90 Å². The average Bonchev–Trinajstić information content (AvgIpc) is 3.30. The zero-order chi connectivity index (χ0) is 21.3. The molecule has 2 N–H and O–H groups in total. The average molecular weight is 441 g/mol. The van der Waals surface area contributed by atoms with Crippen LogP contribution in [0.25, 0.3) is 21.5 Å². The third kappa shape index (κ3) is 4.42. The van der Waals surface area contributed by atoms with Crippen molar-refractivity contribution in [3.8, 4) is 17.2 Å². The van der Waals surface area contributed by atoms with Crippen molar-refractivity contribution in [1.82, 2.24) is 10.1 Å². The van der Waals surface area contributed by atoms with Gasteiger partial charge < -0.3 is 14.9 Å². The lowest BCUT2D eigenvalue weighted by molar-refractivity contribution is 0.256. The first-order valence-corrected chi connectivity index (χ1v) is 10.6. The predicted molar refractivity (Wildman–Crippen MR) is 122 cm³/mol. The molecule has 4 aromatic rings. The number of anilines is 2. The van der Waals surface area contributed by atoms with E-state index >= 15 is 0 Å². The second kappa shape index (κ2) is 8.37. The number of aromatic nitrogens is 2. The van der Waals surface area contributed by atoms with Crippen LogP contribution in [0.15, 0.2) is 57.4 Å². The van der Waals surface area contributed by atoms with Crippen molar-refractivity contribution in [2.75, 3.05) is 16.8 Å². The van der Waals surface area contributed by atoms with Crippen LogP contribution in [0.3, 0.4) is 0 Å². The molecule has 4 rings (SSSR count). The van der Waals surface area contributed by atoms with Crippen LogP contribution in [0.5, 0.6) is 5.88 Å². The minimum absolute atomic E-state index is 0.172. The molecular formula is C21H20N4O3S2. The fourth-order valence-electron chi connectivity index (χ4n) is 3.05. The van der Waals surface area contributed by atoms with E-state index in [1.807, 2.05) is 18.2 Å². The van der Waals surface area contributed by atoms with Crippen molar-refractivity contribution >= 4 is 51.6 Å². The van der Waals surface area contributed by atoms with Crippen LogP contribution < -0.4 is 10.2 Å². The SMILES string of the molecule is CC(C)CN(C(=O)Nc1ccc(-c2cc(O)no2)cc1)c1ccc2nc(S)sc2c1. The predicted octanol–water partition coefficient (Wildman–Crippen LogP) is 5.64. The lowest BCUT2D eigenvalue weighted by atomic mass is 10.1. The molecular weight excluding hydrogens is 420 g/mol. The number of aromatic hydroxyl groups is 1. The van der Waals surface area contributed by atoms with E-state index in [4.69, 9.17) is 4.52 Å². The maximum absolute atomic E-state index is 13.1. The standard InChI is InChI=1S/C21H20N4O3S2/c1-12(2)11-25(15-7-8-16-18(9-15)30-21(29)23-16)20(27)22-14-5-3-13(4-6-14)17-10-19(26)24-28-17/h3-10,12H,11H2,1-2H3,(H,22,27)(H,23,29)(H,24,26). The van der Waals surface area contributed by atoms with Gasteiger partial charge in [-0.15, -0.1) is 24.0 Å². The van der Waals surface area contributed by atoms with Crippen molar-refractivity contribution in [2.45, 2.75) is 18.2 Å². The molecule has 2 aromatic carbocycles. The van der Waals surface area contributed by atoms with E-state index < -0.39 is 0 Å². The molecule has 0 fully saturated rings. The van der Waals surface area contributed by atoms with Gasteiger partial charge in [0.25, 0.3) is 5.88 Å². The largest absolute Gasteiger partial charge is 0.491 e. The second-order valence-electron chi connectivity index (χ2n) is 7.21. The van der Waals surface area contributed by atoms with E-state index in [-0.39, 0.29) is 17.8 Å². The van der Waals surface area contributed by atoms with E-state index in [2.05, 4.69) is 41.9 Å². The normalized spacial score (nSPS) is 11.2. The Kier molecular flexibility index (Phi) is 5.65. The first-order chi connectivity index (χ1) is 14.4. The summed E-state index contributed by atoms with van der Waals surface area (Å²) in [4.78, 5) is 19.2. The summed E-state index contributed by atoms with van der Waals surface area (Å²) in [5, 5.41) is 15.7. The summed E-state index contributed by atoms with van der Waals surface area (Å²) in [6, 6.07) is 14.1. The highest BCUT2D eigenvalue weighted by Gasteiger charge is 2.18. The number of thiol groups is 1. The molecule has 0 aliphatic heterocycles. The molecule has 7 nitrogen and oxygen atoms in total. The van der Waals surface area contributed by atoms with Gasteiger partial charge in [-0.2, -0.15) is 0 Å². The van der Waals surface area contributed by atoms with Gasteiger partial charge in [-0.25, -0.2) is 9.78 Å². The van der Waals surface area contributed by atoms with E-state index in [1.54, 1.807) is 29.2 Å². The number of carbonyl (C=O) groups excluding carboxylic acids is 1.